The molecular weight excluding hydrogens is 641 g/mol. The number of fused-ring (bicyclic) bond motifs is 4. The van der Waals surface area contributed by atoms with Crippen molar-refractivity contribution in [1.82, 2.24) is 9.97 Å². The summed E-state index contributed by atoms with van der Waals surface area (Å²) in [5.74, 6) is 0.710. The second-order valence-corrected chi connectivity index (χ2v) is 13.7. The van der Waals surface area contributed by atoms with Crippen LogP contribution < -0.4 is 0 Å². The molecule has 1 aliphatic rings. The van der Waals surface area contributed by atoms with Gasteiger partial charge in [-0.05, 0) is 55.3 Å². The smallest absolute Gasteiger partial charge is 0.160 e. The van der Waals surface area contributed by atoms with Crippen LogP contribution in [0.25, 0.3) is 66.8 Å². The molecule has 0 saturated heterocycles. The van der Waals surface area contributed by atoms with E-state index in [1.807, 2.05) is 0 Å². The molecule has 8 aromatic carbocycles. The first-order valence-electron chi connectivity index (χ1n) is 18.2. The molecule has 0 atom stereocenters. The van der Waals surface area contributed by atoms with Crippen molar-refractivity contribution in [1.29, 1.82) is 0 Å². The topological polar surface area (TPSA) is 25.8 Å². The lowest BCUT2D eigenvalue weighted by atomic mass is 9.69. The van der Waals surface area contributed by atoms with E-state index in [9.17, 15) is 0 Å². The van der Waals surface area contributed by atoms with Gasteiger partial charge in [-0.2, -0.15) is 0 Å². The van der Waals surface area contributed by atoms with Crippen LogP contribution in [0.15, 0.2) is 206 Å². The third-order valence-electron chi connectivity index (χ3n) is 10.8. The maximum absolute atomic E-state index is 5.65. The van der Waals surface area contributed by atoms with Gasteiger partial charge < -0.3 is 0 Å². The van der Waals surface area contributed by atoms with Crippen molar-refractivity contribution in [2.45, 2.75) is 5.41 Å². The van der Waals surface area contributed by atoms with Crippen molar-refractivity contribution < 1.29 is 0 Å². The van der Waals surface area contributed by atoms with Crippen LogP contribution in [0.2, 0.25) is 0 Å². The zero-order chi connectivity index (χ0) is 35.2. The summed E-state index contributed by atoms with van der Waals surface area (Å²) in [6.07, 6.45) is 0. The SMILES string of the molecule is c1ccc(-c2ccc(-c3ccc(-c4nc(-c5cccc6ccccc56)c5c(n4)C(c4ccccc4)(c4ccccc4)c4ccccc4-5)cc3)cc2)cc1. The van der Waals surface area contributed by atoms with E-state index in [1.165, 1.54) is 49.7 Å². The summed E-state index contributed by atoms with van der Waals surface area (Å²) >= 11 is 0. The lowest BCUT2D eigenvalue weighted by Gasteiger charge is -2.33. The molecule has 2 nitrogen and oxygen atoms in total. The first-order chi connectivity index (χ1) is 26.3. The fourth-order valence-electron chi connectivity index (χ4n) is 8.32. The van der Waals surface area contributed by atoms with Gasteiger partial charge in [-0.3, -0.25) is 0 Å². The Balaban J connectivity index is 1.21. The molecule has 0 spiro atoms. The fourth-order valence-corrected chi connectivity index (χ4v) is 8.32. The van der Waals surface area contributed by atoms with Crippen molar-refractivity contribution in [3.63, 3.8) is 0 Å². The summed E-state index contributed by atoms with van der Waals surface area (Å²) in [6.45, 7) is 0. The number of hydrogen-bond donors (Lipinski definition) is 0. The fraction of sp³-hybridized carbons (Fsp3) is 0.0196. The Labute approximate surface area is 309 Å². The van der Waals surface area contributed by atoms with Crippen LogP contribution in [0, 0.1) is 0 Å². The van der Waals surface area contributed by atoms with Gasteiger partial charge in [0.1, 0.15) is 0 Å². The molecule has 1 aromatic heterocycles. The Bertz CT molecular complexity index is 2690. The molecule has 0 fully saturated rings. The van der Waals surface area contributed by atoms with E-state index in [0.29, 0.717) is 5.82 Å². The molecule has 248 valence electrons. The van der Waals surface area contributed by atoms with E-state index in [1.54, 1.807) is 0 Å². The summed E-state index contributed by atoms with van der Waals surface area (Å²) in [6, 6.07) is 73.7. The van der Waals surface area contributed by atoms with Gasteiger partial charge >= 0.3 is 0 Å². The molecule has 0 bridgehead atoms. The van der Waals surface area contributed by atoms with Crippen LogP contribution in [0.1, 0.15) is 22.4 Å². The predicted molar refractivity (Wildman–Crippen MR) is 219 cm³/mol. The number of rotatable bonds is 6. The number of nitrogens with zero attached hydrogens (tertiary/aromatic N) is 2. The molecule has 1 heterocycles. The van der Waals surface area contributed by atoms with Crippen molar-refractivity contribution in [2.75, 3.05) is 0 Å². The molecule has 0 saturated carbocycles. The molecule has 0 radical (unpaired) electrons. The summed E-state index contributed by atoms with van der Waals surface area (Å²) in [5.41, 5.74) is 14.0. The van der Waals surface area contributed by atoms with E-state index in [0.717, 1.165) is 33.6 Å². The highest BCUT2D eigenvalue weighted by molar-refractivity contribution is 6.02. The Kier molecular flexibility index (Phi) is 7.40. The number of hydrogen-bond acceptors (Lipinski definition) is 2. The second kappa shape index (κ2) is 12.7. The van der Waals surface area contributed by atoms with Crippen molar-refractivity contribution in [3.05, 3.63) is 229 Å². The average molecular weight is 675 g/mol. The monoisotopic (exact) mass is 674 g/mol. The largest absolute Gasteiger partial charge is 0.231 e. The molecule has 53 heavy (non-hydrogen) atoms. The van der Waals surface area contributed by atoms with Gasteiger partial charge in [-0.15, -0.1) is 0 Å². The van der Waals surface area contributed by atoms with Gasteiger partial charge in [0.05, 0.1) is 16.8 Å². The molecule has 0 aliphatic heterocycles. The highest BCUT2D eigenvalue weighted by atomic mass is 14.9. The molecule has 0 amide bonds. The predicted octanol–water partition coefficient (Wildman–Crippen LogP) is 12.7. The maximum atomic E-state index is 5.65. The van der Waals surface area contributed by atoms with Crippen LogP contribution in [0.3, 0.4) is 0 Å². The van der Waals surface area contributed by atoms with Crippen LogP contribution in [-0.4, -0.2) is 9.97 Å². The quantitative estimate of drug-likeness (QED) is 0.175. The van der Waals surface area contributed by atoms with E-state index in [-0.39, 0.29) is 0 Å². The summed E-state index contributed by atoms with van der Waals surface area (Å²) < 4.78 is 0. The van der Waals surface area contributed by atoms with E-state index < -0.39 is 5.41 Å². The van der Waals surface area contributed by atoms with Gasteiger partial charge in [0, 0.05) is 16.7 Å². The molecule has 1 aliphatic carbocycles. The average Bonchev–Trinajstić information content (AvgIpc) is 3.55. The van der Waals surface area contributed by atoms with E-state index >= 15 is 0 Å². The van der Waals surface area contributed by atoms with E-state index in [2.05, 4.69) is 206 Å². The van der Waals surface area contributed by atoms with Gasteiger partial charge in [-0.1, -0.05) is 206 Å². The van der Waals surface area contributed by atoms with Crippen molar-refractivity contribution in [2.24, 2.45) is 0 Å². The summed E-state index contributed by atoms with van der Waals surface area (Å²) in [4.78, 5) is 11.2. The highest BCUT2D eigenvalue weighted by Gasteiger charge is 2.49. The van der Waals surface area contributed by atoms with Crippen LogP contribution >= 0.6 is 0 Å². The first-order valence-corrected chi connectivity index (χ1v) is 18.2. The minimum atomic E-state index is -0.647. The summed E-state index contributed by atoms with van der Waals surface area (Å²) in [5, 5.41) is 2.36. The lowest BCUT2D eigenvalue weighted by molar-refractivity contribution is 0.736. The molecule has 0 N–H and O–H groups in total. The van der Waals surface area contributed by atoms with Gasteiger partial charge in [0.2, 0.25) is 0 Å². The molecule has 10 rings (SSSR count). The zero-order valence-corrected chi connectivity index (χ0v) is 29.0. The molecule has 0 unspecified atom stereocenters. The molecular formula is C51H34N2. The zero-order valence-electron chi connectivity index (χ0n) is 29.0. The number of benzene rings is 8. The van der Waals surface area contributed by atoms with Gasteiger partial charge in [0.15, 0.2) is 5.82 Å². The van der Waals surface area contributed by atoms with Crippen molar-refractivity contribution >= 4 is 10.8 Å². The third kappa shape index (κ3) is 5.03. The lowest BCUT2D eigenvalue weighted by Crippen LogP contribution is -2.30. The van der Waals surface area contributed by atoms with Crippen LogP contribution in [0.5, 0.6) is 0 Å². The molecule has 2 heteroatoms. The minimum absolute atomic E-state index is 0.647. The highest BCUT2D eigenvalue weighted by Crippen LogP contribution is 2.57. The van der Waals surface area contributed by atoms with Crippen LogP contribution in [-0.2, 0) is 5.41 Å². The first kappa shape index (κ1) is 30.9. The Morgan fingerprint density at radius 3 is 1.45 bits per heavy atom. The maximum Gasteiger partial charge on any atom is 0.160 e. The Morgan fingerprint density at radius 1 is 0.340 bits per heavy atom. The molecule has 9 aromatic rings. The number of aromatic nitrogens is 2. The van der Waals surface area contributed by atoms with Crippen LogP contribution in [0.4, 0.5) is 0 Å². The Hall–Kier alpha value is -6.90. The normalized spacial score (nSPS) is 12.7. The van der Waals surface area contributed by atoms with Crippen molar-refractivity contribution in [3.8, 4) is 56.0 Å². The summed E-state index contributed by atoms with van der Waals surface area (Å²) in [7, 11) is 0. The Morgan fingerprint density at radius 2 is 0.811 bits per heavy atom. The standard InChI is InChI=1S/C51H34N2/c1-4-15-35(16-5-1)36-27-29-37(30-28-36)38-31-33-40(34-32-38)50-52-48(44-25-14-18-39-17-10-11-23-43(39)44)47-45-24-12-13-26-46(45)51(49(47)53-50,41-19-6-2-7-20-41)42-21-8-3-9-22-42/h1-34H. The van der Waals surface area contributed by atoms with Gasteiger partial charge in [-0.25, -0.2) is 9.97 Å². The van der Waals surface area contributed by atoms with Gasteiger partial charge in [0.25, 0.3) is 0 Å². The third-order valence-corrected chi connectivity index (χ3v) is 10.8. The second-order valence-electron chi connectivity index (χ2n) is 13.7. The minimum Gasteiger partial charge on any atom is -0.231 e. The van der Waals surface area contributed by atoms with E-state index in [4.69, 9.17) is 9.97 Å².